The first kappa shape index (κ1) is 10.8. The van der Waals surface area contributed by atoms with Crippen LogP contribution in [0.5, 0.6) is 0 Å². The van der Waals surface area contributed by atoms with Crippen LogP contribution in [0.15, 0.2) is 24.3 Å². The Morgan fingerprint density at radius 2 is 1.94 bits per heavy atom. The van der Waals surface area contributed by atoms with Gasteiger partial charge in [0.15, 0.2) is 0 Å². The molecule has 3 nitrogen and oxygen atoms in total. The minimum absolute atomic E-state index is 0.0746. The number of rotatable bonds is 4. The van der Waals surface area contributed by atoms with Gasteiger partial charge in [0.05, 0.1) is 6.42 Å². The van der Waals surface area contributed by atoms with Gasteiger partial charge >= 0.3 is 0 Å². The van der Waals surface area contributed by atoms with Crippen LogP contribution < -0.4 is 11.1 Å². The topological polar surface area (TPSA) is 55.1 Å². The number of nitrogens with two attached hydrogens (primary N) is 1. The molecule has 0 saturated heterocycles. The van der Waals surface area contributed by atoms with Gasteiger partial charge in [0.1, 0.15) is 0 Å². The summed E-state index contributed by atoms with van der Waals surface area (Å²) in [5.74, 6) is 0.133. The fourth-order valence-electron chi connectivity index (χ4n) is 2.07. The minimum Gasteiger partial charge on any atom is -0.353 e. The van der Waals surface area contributed by atoms with Gasteiger partial charge in [-0.15, -0.1) is 0 Å². The molecule has 0 spiro atoms. The summed E-state index contributed by atoms with van der Waals surface area (Å²) >= 11 is 0. The van der Waals surface area contributed by atoms with Gasteiger partial charge < -0.3 is 11.1 Å². The molecule has 0 aliphatic heterocycles. The van der Waals surface area contributed by atoms with Crippen LogP contribution in [0.25, 0.3) is 0 Å². The van der Waals surface area contributed by atoms with Crippen molar-refractivity contribution in [3.8, 4) is 0 Å². The normalized spacial score (nSPS) is 21.0. The summed E-state index contributed by atoms with van der Waals surface area (Å²) in [5.41, 5.74) is 8.30. The summed E-state index contributed by atoms with van der Waals surface area (Å²) in [4.78, 5) is 11.6. The van der Waals surface area contributed by atoms with Gasteiger partial charge in [-0.1, -0.05) is 24.3 Å². The van der Waals surface area contributed by atoms with Crippen molar-refractivity contribution in [3.63, 3.8) is 0 Å². The van der Waals surface area contributed by atoms with Gasteiger partial charge in [-0.2, -0.15) is 0 Å². The number of hydrogen-bond donors (Lipinski definition) is 2. The predicted molar refractivity (Wildman–Crippen MR) is 66.4 cm³/mol. The van der Waals surface area contributed by atoms with Crippen molar-refractivity contribution < 1.29 is 4.79 Å². The summed E-state index contributed by atoms with van der Waals surface area (Å²) in [5, 5.41) is 3.00. The molecule has 1 aromatic rings. The van der Waals surface area contributed by atoms with Crippen molar-refractivity contribution in [2.45, 2.75) is 43.7 Å². The summed E-state index contributed by atoms with van der Waals surface area (Å²) in [6.45, 7) is 0. The van der Waals surface area contributed by atoms with E-state index >= 15 is 0 Å². The fourth-order valence-corrected chi connectivity index (χ4v) is 2.07. The van der Waals surface area contributed by atoms with Gasteiger partial charge in [0.2, 0.25) is 5.91 Å². The van der Waals surface area contributed by atoms with Gasteiger partial charge in [0.25, 0.3) is 0 Å². The molecule has 1 aromatic carbocycles. The van der Waals surface area contributed by atoms with E-state index in [4.69, 9.17) is 5.73 Å². The van der Waals surface area contributed by atoms with Crippen LogP contribution in [-0.2, 0) is 16.8 Å². The van der Waals surface area contributed by atoms with E-state index in [-0.39, 0.29) is 11.4 Å². The molecule has 2 saturated carbocycles. The second-order valence-electron chi connectivity index (χ2n) is 5.37. The smallest absolute Gasteiger partial charge is 0.224 e. The Hall–Kier alpha value is -1.35. The van der Waals surface area contributed by atoms with E-state index in [1.54, 1.807) is 0 Å². The number of hydrogen-bond acceptors (Lipinski definition) is 2. The highest BCUT2D eigenvalue weighted by molar-refractivity contribution is 5.79. The average molecular weight is 230 g/mol. The zero-order valence-electron chi connectivity index (χ0n) is 9.91. The molecule has 2 aliphatic rings. The maximum atomic E-state index is 11.6. The highest BCUT2D eigenvalue weighted by Gasteiger charge is 2.39. The van der Waals surface area contributed by atoms with Crippen molar-refractivity contribution in [2.75, 3.05) is 0 Å². The van der Waals surface area contributed by atoms with E-state index in [9.17, 15) is 4.79 Å². The van der Waals surface area contributed by atoms with E-state index in [1.807, 2.05) is 12.1 Å². The third kappa shape index (κ3) is 2.50. The molecule has 0 unspecified atom stereocenters. The molecule has 0 aromatic heterocycles. The first-order valence-corrected chi connectivity index (χ1v) is 6.33. The van der Waals surface area contributed by atoms with Crippen LogP contribution in [0.1, 0.15) is 36.8 Å². The molecule has 0 bridgehead atoms. The summed E-state index contributed by atoms with van der Waals surface area (Å²) in [6, 6.07) is 8.61. The third-order valence-electron chi connectivity index (χ3n) is 3.62. The minimum atomic E-state index is -0.0746. The highest BCUT2D eigenvalue weighted by Crippen LogP contribution is 2.42. The maximum Gasteiger partial charge on any atom is 0.224 e. The standard InChI is InChI=1S/C14H18N2O/c15-14(7-8-14)11-3-1-10(2-4-11)9-13(17)16-12-5-6-12/h1-4,12H,5-9,15H2,(H,16,17). The van der Waals surface area contributed by atoms with E-state index in [0.717, 1.165) is 31.2 Å². The van der Waals surface area contributed by atoms with Crippen LogP contribution in [-0.4, -0.2) is 11.9 Å². The van der Waals surface area contributed by atoms with Crippen LogP contribution in [0.3, 0.4) is 0 Å². The Morgan fingerprint density at radius 3 is 2.47 bits per heavy atom. The molecule has 1 amide bonds. The molecule has 17 heavy (non-hydrogen) atoms. The molecule has 0 radical (unpaired) electrons. The lowest BCUT2D eigenvalue weighted by atomic mass is 10.0. The largest absolute Gasteiger partial charge is 0.353 e. The molecule has 90 valence electrons. The molecule has 3 N–H and O–H groups in total. The van der Waals surface area contributed by atoms with Crippen molar-refractivity contribution >= 4 is 5.91 Å². The van der Waals surface area contributed by atoms with Gasteiger partial charge in [-0.05, 0) is 36.8 Å². The second-order valence-corrected chi connectivity index (χ2v) is 5.37. The number of carbonyl (C=O) groups excluding carboxylic acids is 1. The molecule has 0 atom stereocenters. The lowest BCUT2D eigenvalue weighted by molar-refractivity contribution is -0.120. The Labute approximate surface area is 101 Å². The Morgan fingerprint density at radius 1 is 1.29 bits per heavy atom. The Bertz CT molecular complexity index is 430. The van der Waals surface area contributed by atoms with E-state index < -0.39 is 0 Å². The third-order valence-corrected chi connectivity index (χ3v) is 3.62. The molecular weight excluding hydrogens is 212 g/mol. The zero-order chi connectivity index (χ0) is 11.9. The van der Waals surface area contributed by atoms with E-state index in [1.165, 1.54) is 5.56 Å². The summed E-state index contributed by atoms with van der Waals surface area (Å²) in [6.07, 6.45) is 4.91. The van der Waals surface area contributed by atoms with Crippen LogP contribution in [0, 0.1) is 0 Å². The first-order valence-electron chi connectivity index (χ1n) is 6.33. The average Bonchev–Trinajstić information content (AvgIpc) is 3.19. The van der Waals surface area contributed by atoms with Crippen molar-refractivity contribution in [2.24, 2.45) is 5.73 Å². The number of benzene rings is 1. The van der Waals surface area contributed by atoms with Crippen LogP contribution in [0.4, 0.5) is 0 Å². The lowest BCUT2D eigenvalue weighted by Gasteiger charge is -2.09. The van der Waals surface area contributed by atoms with Crippen molar-refractivity contribution in [1.29, 1.82) is 0 Å². The lowest BCUT2D eigenvalue weighted by Crippen LogP contribution is -2.27. The number of amides is 1. The first-order chi connectivity index (χ1) is 8.16. The molecule has 3 heteroatoms. The van der Waals surface area contributed by atoms with Crippen molar-refractivity contribution in [1.82, 2.24) is 5.32 Å². The Balaban J connectivity index is 1.61. The molecule has 2 fully saturated rings. The second kappa shape index (κ2) is 3.84. The number of nitrogens with one attached hydrogen (secondary N) is 1. The number of carbonyl (C=O) groups is 1. The van der Waals surface area contributed by atoms with E-state index in [0.29, 0.717) is 12.5 Å². The van der Waals surface area contributed by atoms with Gasteiger partial charge in [0, 0.05) is 11.6 Å². The Kier molecular flexibility index (Phi) is 2.44. The van der Waals surface area contributed by atoms with Crippen LogP contribution >= 0.6 is 0 Å². The maximum absolute atomic E-state index is 11.6. The van der Waals surface area contributed by atoms with Crippen molar-refractivity contribution in [3.05, 3.63) is 35.4 Å². The zero-order valence-corrected chi connectivity index (χ0v) is 9.91. The van der Waals surface area contributed by atoms with E-state index in [2.05, 4.69) is 17.4 Å². The molecule has 2 aliphatic carbocycles. The summed E-state index contributed by atoms with van der Waals surface area (Å²) < 4.78 is 0. The molecule has 3 rings (SSSR count). The predicted octanol–water partition coefficient (Wildman–Crippen LogP) is 1.46. The van der Waals surface area contributed by atoms with Crippen LogP contribution in [0.2, 0.25) is 0 Å². The molecule has 0 heterocycles. The fraction of sp³-hybridized carbons (Fsp3) is 0.500. The quantitative estimate of drug-likeness (QED) is 0.822. The highest BCUT2D eigenvalue weighted by atomic mass is 16.1. The monoisotopic (exact) mass is 230 g/mol. The van der Waals surface area contributed by atoms with Gasteiger partial charge in [-0.3, -0.25) is 4.79 Å². The molecular formula is C14H18N2O. The summed E-state index contributed by atoms with van der Waals surface area (Å²) in [7, 11) is 0. The SMILES string of the molecule is NC1(c2ccc(CC(=O)NC3CC3)cc2)CC1. The van der Waals surface area contributed by atoms with Gasteiger partial charge in [-0.25, -0.2) is 0 Å².